The van der Waals surface area contributed by atoms with E-state index in [1.54, 1.807) is 41.4 Å². The number of carbonyl (C=O) groups is 2. The monoisotopic (exact) mass is 644 g/mol. The average molecular weight is 645 g/mol. The fourth-order valence-electron chi connectivity index (χ4n) is 5.06. The van der Waals surface area contributed by atoms with Crippen LogP contribution in [0.5, 0.6) is 11.6 Å². The van der Waals surface area contributed by atoms with E-state index in [1.807, 2.05) is 13.0 Å². The van der Waals surface area contributed by atoms with E-state index >= 15 is 0 Å². The van der Waals surface area contributed by atoms with Crippen molar-refractivity contribution in [3.05, 3.63) is 77.5 Å². The maximum absolute atomic E-state index is 14.5. The Bertz CT molecular complexity index is 1580. The number of piperidine rings is 1. The van der Waals surface area contributed by atoms with Gasteiger partial charge in [-0.1, -0.05) is 19.4 Å². The number of anilines is 2. The molecule has 4 rings (SSSR count). The van der Waals surface area contributed by atoms with Crippen LogP contribution in [0.3, 0.4) is 0 Å². The highest BCUT2D eigenvalue weighted by atomic mass is 32.2. The van der Waals surface area contributed by atoms with Crippen molar-refractivity contribution >= 4 is 33.3 Å². The van der Waals surface area contributed by atoms with Crippen molar-refractivity contribution < 1.29 is 31.5 Å². The second kappa shape index (κ2) is 15.1. The molecule has 0 spiro atoms. The molecule has 14 heteroatoms. The number of likely N-dealkylation sites (tertiary alicyclic amines) is 1. The minimum atomic E-state index is -3.36. The van der Waals surface area contributed by atoms with Crippen LogP contribution in [0.25, 0.3) is 0 Å². The number of nitrogens with zero attached hydrogens (tertiary/aromatic N) is 3. The van der Waals surface area contributed by atoms with Crippen LogP contribution in [0.1, 0.15) is 48.5 Å². The number of hydrogen-bond acceptors (Lipinski definition) is 7. The molecule has 1 aromatic heterocycles. The number of unbranched alkanes of at least 4 members (excludes halogenated alkanes) is 1. The summed E-state index contributed by atoms with van der Waals surface area (Å²) < 4.78 is 59.6. The highest BCUT2D eigenvalue weighted by Crippen LogP contribution is 2.25. The summed E-state index contributed by atoms with van der Waals surface area (Å²) in [6.07, 6.45) is 5.89. The highest BCUT2D eigenvalue weighted by molar-refractivity contribution is 7.92. The van der Waals surface area contributed by atoms with Gasteiger partial charge < -0.3 is 20.3 Å². The van der Waals surface area contributed by atoms with Gasteiger partial charge in [-0.15, -0.1) is 0 Å². The van der Waals surface area contributed by atoms with E-state index < -0.39 is 33.6 Å². The van der Waals surface area contributed by atoms with Gasteiger partial charge in [0.15, 0.2) is 0 Å². The summed E-state index contributed by atoms with van der Waals surface area (Å²) in [5.41, 5.74) is 0.826. The van der Waals surface area contributed by atoms with Crippen LogP contribution in [-0.4, -0.2) is 74.1 Å². The van der Waals surface area contributed by atoms with Crippen molar-refractivity contribution in [2.24, 2.45) is 0 Å². The summed E-state index contributed by atoms with van der Waals surface area (Å²) in [4.78, 5) is 33.7. The molecule has 242 valence electrons. The Kier molecular flexibility index (Phi) is 11.3. The molecule has 1 saturated heterocycles. The molecule has 1 aliphatic heterocycles. The first-order valence-corrected chi connectivity index (χ1v) is 16.6. The van der Waals surface area contributed by atoms with Gasteiger partial charge in [0, 0.05) is 63.3 Å². The molecule has 2 aromatic carbocycles. The van der Waals surface area contributed by atoms with Crippen LogP contribution in [-0.2, 0) is 16.6 Å². The molecular formula is C31H38F2N6O5S. The van der Waals surface area contributed by atoms with Crippen molar-refractivity contribution in [3.8, 4) is 11.6 Å². The number of carbonyl (C=O) groups excluding carboxylic acids is 2. The number of aromatic nitrogens is 1. The SMILES string of the molecule is CCCCN(C(=O)Nc1cc(C(=O)NC)c(F)cc1F)C1CCN(Cc2ccc(Oc3ccc(NS(C)(=O)=O)cc3)nc2)CC1. The lowest BCUT2D eigenvalue weighted by molar-refractivity contribution is 0.0959. The molecule has 0 aliphatic carbocycles. The maximum atomic E-state index is 14.5. The van der Waals surface area contributed by atoms with Crippen LogP contribution >= 0.6 is 0 Å². The van der Waals surface area contributed by atoms with Gasteiger partial charge in [-0.25, -0.2) is 27.0 Å². The van der Waals surface area contributed by atoms with E-state index in [0.29, 0.717) is 49.3 Å². The third-order valence-corrected chi connectivity index (χ3v) is 7.97. The van der Waals surface area contributed by atoms with Gasteiger partial charge in [0.2, 0.25) is 15.9 Å². The molecule has 2 heterocycles. The second-order valence-corrected chi connectivity index (χ2v) is 12.6. The quantitative estimate of drug-likeness (QED) is 0.248. The zero-order chi connectivity index (χ0) is 32.6. The third-order valence-electron chi connectivity index (χ3n) is 7.37. The molecule has 0 bridgehead atoms. The molecule has 3 aromatic rings. The molecule has 0 atom stereocenters. The number of pyridine rings is 1. The standard InChI is InChI=1S/C31H38F2N6O5S/c1-4-5-14-39(31(41)36-28-17-25(30(40)34-2)26(32)18-27(28)33)23-12-15-38(16-13-23)20-21-6-11-29(35-19-21)44-24-9-7-22(8-10-24)37-45(3,42)43/h6-11,17-19,23,37H,4-5,12-16,20H2,1-3H3,(H,34,40)(H,36,41). The Morgan fingerprint density at radius 2 is 1.78 bits per heavy atom. The fraction of sp³-hybridized carbons (Fsp3) is 0.387. The van der Waals surface area contributed by atoms with E-state index in [0.717, 1.165) is 43.8 Å². The van der Waals surface area contributed by atoms with Gasteiger partial charge in [0.1, 0.15) is 17.4 Å². The topological polar surface area (TPSA) is 133 Å². The molecule has 0 radical (unpaired) electrons. The first-order valence-electron chi connectivity index (χ1n) is 14.7. The fourth-order valence-corrected chi connectivity index (χ4v) is 5.62. The first-order chi connectivity index (χ1) is 21.5. The van der Waals surface area contributed by atoms with E-state index in [2.05, 4.69) is 25.2 Å². The molecule has 3 amide bonds. The van der Waals surface area contributed by atoms with Crippen molar-refractivity contribution in [2.45, 2.75) is 45.2 Å². The zero-order valence-corrected chi connectivity index (χ0v) is 26.3. The predicted octanol–water partition coefficient (Wildman–Crippen LogP) is 5.18. The molecular weight excluding hydrogens is 606 g/mol. The predicted molar refractivity (Wildman–Crippen MR) is 168 cm³/mol. The summed E-state index contributed by atoms with van der Waals surface area (Å²) >= 11 is 0. The number of sulfonamides is 1. The minimum Gasteiger partial charge on any atom is -0.439 e. The lowest BCUT2D eigenvalue weighted by Gasteiger charge is -2.38. The third kappa shape index (κ3) is 9.59. The molecule has 3 N–H and O–H groups in total. The molecule has 45 heavy (non-hydrogen) atoms. The smallest absolute Gasteiger partial charge is 0.322 e. The van der Waals surface area contributed by atoms with Gasteiger partial charge in [-0.2, -0.15) is 0 Å². The number of urea groups is 1. The van der Waals surface area contributed by atoms with Crippen LogP contribution in [0.2, 0.25) is 0 Å². The molecule has 0 saturated carbocycles. The van der Waals surface area contributed by atoms with Gasteiger partial charge in [-0.3, -0.25) is 14.4 Å². The average Bonchev–Trinajstić information content (AvgIpc) is 3.00. The Hall–Kier alpha value is -4.30. The molecule has 1 fully saturated rings. The van der Waals surface area contributed by atoms with Gasteiger partial charge >= 0.3 is 6.03 Å². The van der Waals surface area contributed by atoms with Crippen molar-refractivity contribution in [3.63, 3.8) is 0 Å². The number of halogens is 2. The van der Waals surface area contributed by atoms with Crippen molar-refractivity contribution in [2.75, 3.05) is 43.0 Å². The van der Waals surface area contributed by atoms with Gasteiger partial charge in [-0.05, 0) is 55.2 Å². The second-order valence-electron chi connectivity index (χ2n) is 10.9. The lowest BCUT2D eigenvalue weighted by Crippen LogP contribution is -2.49. The van der Waals surface area contributed by atoms with Gasteiger partial charge in [0.25, 0.3) is 5.91 Å². The highest BCUT2D eigenvalue weighted by Gasteiger charge is 2.29. The van der Waals surface area contributed by atoms with Crippen LogP contribution in [0, 0.1) is 11.6 Å². The van der Waals surface area contributed by atoms with E-state index in [-0.39, 0.29) is 17.3 Å². The van der Waals surface area contributed by atoms with E-state index in [9.17, 15) is 26.8 Å². The number of hydrogen-bond donors (Lipinski definition) is 3. The summed E-state index contributed by atoms with van der Waals surface area (Å²) in [7, 11) is -2.02. The lowest BCUT2D eigenvalue weighted by atomic mass is 10.0. The van der Waals surface area contributed by atoms with E-state index in [1.165, 1.54) is 7.05 Å². The Morgan fingerprint density at radius 3 is 2.38 bits per heavy atom. The minimum absolute atomic E-state index is 0.0670. The summed E-state index contributed by atoms with van der Waals surface area (Å²) in [5.74, 6) is -1.76. The summed E-state index contributed by atoms with van der Waals surface area (Å²) in [6, 6.07) is 11.3. The Morgan fingerprint density at radius 1 is 1.07 bits per heavy atom. The van der Waals surface area contributed by atoms with Crippen molar-refractivity contribution in [1.82, 2.24) is 20.1 Å². The number of nitrogens with one attached hydrogen (secondary N) is 3. The number of amides is 3. The van der Waals surface area contributed by atoms with Crippen LogP contribution < -0.4 is 20.1 Å². The summed E-state index contributed by atoms with van der Waals surface area (Å²) in [5, 5.41) is 4.86. The molecule has 1 aliphatic rings. The Balaban J connectivity index is 1.32. The zero-order valence-electron chi connectivity index (χ0n) is 25.5. The first kappa shape index (κ1) is 33.6. The maximum Gasteiger partial charge on any atom is 0.322 e. The van der Waals surface area contributed by atoms with Gasteiger partial charge in [0.05, 0.1) is 17.5 Å². The number of rotatable bonds is 12. The molecule has 0 unspecified atom stereocenters. The summed E-state index contributed by atoms with van der Waals surface area (Å²) in [6.45, 7) is 4.64. The van der Waals surface area contributed by atoms with Crippen molar-refractivity contribution in [1.29, 1.82) is 0 Å². The normalized spacial score (nSPS) is 14.1. The van der Waals surface area contributed by atoms with E-state index in [4.69, 9.17) is 4.74 Å². The molecule has 11 nitrogen and oxygen atoms in total. The largest absolute Gasteiger partial charge is 0.439 e. The number of ether oxygens (including phenoxy) is 1. The Labute approximate surface area is 262 Å². The number of benzene rings is 2. The van der Waals surface area contributed by atoms with Crippen LogP contribution in [0.4, 0.5) is 25.0 Å². The van der Waals surface area contributed by atoms with Crippen LogP contribution in [0.15, 0.2) is 54.7 Å².